The quantitative estimate of drug-likeness (QED) is 0.204. The van der Waals surface area contributed by atoms with Crippen LogP contribution >= 0.6 is 27.5 Å². The fraction of sp³-hybridized carbons (Fsp3) is 0.0833. The van der Waals surface area contributed by atoms with Crippen molar-refractivity contribution in [1.29, 1.82) is 0 Å². The molecule has 0 radical (unpaired) electrons. The van der Waals surface area contributed by atoms with E-state index in [1.807, 2.05) is 19.1 Å². The number of benzene rings is 3. The molecule has 2 N–H and O–H groups in total. The smallest absolute Gasteiger partial charge is 0.345 e. The van der Waals surface area contributed by atoms with E-state index in [-0.39, 0.29) is 28.8 Å². The van der Waals surface area contributed by atoms with Crippen LogP contribution in [-0.2, 0) is 4.79 Å². The molecule has 0 aromatic heterocycles. The lowest BCUT2D eigenvalue weighted by atomic mass is 10.1. The van der Waals surface area contributed by atoms with Crippen LogP contribution in [0.5, 0.6) is 5.75 Å². The number of hydrogen-bond acceptors (Lipinski definition) is 5. The van der Waals surface area contributed by atoms with E-state index in [0.29, 0.717) is 11.1 Å². The number of esters is 1. The molecule has 0 unspecified atom stereocenters. The number of hydrogen-bond donors (Lipinski definition) is 2. The number of carbonyl (C=O) groups is 3. The minimum Gasteiger partial charge on any atom is -0.422 e. The molecule has 3 rings (SSSR count). The molecule has 0 spiro atoms. The van der Waals surface area contributed by atoms with Gasteiger partial charge in [0.15, 0.2) is 0 Å². The molecule has 2 amide bonds. The maximum absolute atomic E-state index is 12.5. The van der Waals surface area contributed by atoms with Gasteiger partial charge in [-0.1, -0.05) is 57.9 Å². The van der Waals surface area contributed by atoms with Crippen LogP contribution in [0.4, 0.5) is 0 Å². The first-order valence-corrected chi connectivity index (χ1v) is 10.9. The van der Waals surface area contributed by atoms with Gasteiger partial charge in [0, 0.05) is 15.6 Å². The van der Waals surface area contributed by atoms with Crippen LogP contribution in [0.1, 0.15) is 31.8 Å². The van der Waals surface area contributed by atoms with Crippen molar-refractivity contribution in [3.63, 3.8) is 0 Å². The lowest BCUT2D eigenvalue weighted by Gasteiger charge is -2.09. The third-order valence-corrected chi connectivity index (χ3v) is 5.28. The van der Waals surface area contributed by atoms with Crippen molar-refractivity contribution >= 4 is 51.5 Å². The number of carbonyl (C=O) groups excluding carboxylic acids is 3. The molecule has 9 heteroatoms. The molecule has 0 aliphatic rings. The van der Waals surface area contributed by atoms with Gasteiger partial charge in [-0.05, 0) is 48.9 Å². The minimum absolute atomic E-state index is 0.225. The van der Waals surface area contributed by atoms with Gasteiger partial charge in [0.1, 0.15) is 5.75 Å². The third-order valence-electron chi connectivity index (χ3n) is 4.46. The van der Waals surface area contributed by atoms with Crippen molar-refractivity contribution in [1.82, 2.24) is 10.7 Å². The molecule has 168 valence electrons. The zero-order valence-electron chi connectivity index (χ0n) is 17.5. The lowest BCUT2D eigenvalue weighted by molar-refractivity contribution is -0.120. The zero-order chi connectivity index (χ0) is 23.8. The second kappa shape index (κ2) is 11.4. The van der Waals surface area contributed by atoms with Crippen LogP contribution in [0.15, 0.2) is 76.3 Å². The summed E-state index contributed by atoms with van der Waals surface area (Å²) in [4.78, 5) is 36.7. The molecule has 0 bridgehead atoms. The number of rotatable bonds is 7. The molecule has 3 aromatic carbocycles. The summed E-state index contributed by atoms with van der Waals surface area (Å²) in [6.45, 7) is 1.56. The van der Waals surface area contributed by atoms with E-state index in [1.54, 1.807) is 54.6 Å². The number of nitrogens with zero attached hydrogens (tertiary/aromatic N) is 1. The Morgan fingerprint density at radius 2 is 1.73 bits per heavy atom. The summed E-state index contributed by atoms with van der Waals surface area (Å²) in [5, 5.41) is 6.71. The van der Waals surface area contributed by atoms with Crippen LogP contribution in [0, 0.1) is 6.92 Å². The van der Waals surface area contributed by atoms with Crippen LogP contribution in [0.2, 0.25) is 5.02 Å². The van der Waals surface area contributed by atoms with Crippen molar-refractivity contribution in [2.75, 3.05) is 6.54 Å². The number of halogens is 2. The molecule has 3 aromatic rings. The van der Waals surface area contributed by atoms with Crippen LogP contribution in [0.3, 0.4) is 0 Å². The van der Waals surface area contributed by atoms with Gasteiger partial charge in [-0.2, -0.15) is 5.10 Å². The maximum atomic E-state index is 12.5. The van der Waals surface area contributed by atoms with E-state index in [2.05, 4.69) is 31.8 Å². The van der Waals surface area contributed by atoms with E-state index >= 15 is 0 Å². The number of amides is 2. The van der Waals surface area contributed by atoms with Crippen LogP contribution < -0.4 is 15.5 Å². The fourth-order valence-corrected chi connectivity index (χ4v) is 3.38. The standard InChI is InChI=1S/C24H19BrClN3O4/c1-15-6-2-3-7-18(15)23(31)27-14-22(30)29-28-13-16-12-17(25)10-11-21(16)33-24(32)19-8-4-5-9-20(19)26/h2-13H,14H2,1H3,(H,27,31)(H,29,30)/b28-13-. The zero-order valence-corrected chi connectivity index (χ0v) is 19.8. The second-order valence-corrected chi connectivity index (χ2v) is 8.17. The first-order valence-electron chi connectivity index (χ1n) is 9.77. The van der Waals surface area contributed by atoms with Crippen molar-refractivity contribution in [3.05, 3.63) is 98.5 Å². The van der Waals surface area contributed by atoms with E-state index in [0.717, 1.165) is 10.0 Å². The van der Waals surface area contributed by atoms with Crippen molar-refractivity contribution < 1.29 is 19.1 Å². The summed E-state index contributed by atoms with van der Waals surface area (Å²) >= 11 is 9.41. The Kier molecular flexibility index (Phi) is 8.34. The summed E-state index contributed by atoms with van der Waals surface area (Å²) in [5.74, 6) is -1.26. The van der Waals surface area contributed by atoms with Gasteiger partial charge in [-0.25, -0.2) is 10.2 Å². The van der Waals surface area contributed by atoms with Crippen molar-refractivity contribution in [2.24, 2.45) is 5.10 Å². The van der Waals surface area contributed by atoms with Crippen molar-refractivity contribution in [3.8, 4) is 5.75 Å². The summed E-state index contributed by atoms with van der Waals surface area (Å²) in [5.41, 5.74) is 4.30. The topological polar surface area (TPSA) is 96.9 Å². The highest BCUT2D eigenvalue weighted by molar-refractivity contribution is 9.10. The highest BCUT2D eigenvalue weighted by atomic mass is 79.9. The van der Waals surface area contributed by atoms with Crippen LogP contribution in [-0.4, -0.2) is 30.5 Å². The van der Waals surface area contributed by atoms with E-state index < -0.39 is 11.9 Å². The third kappa shape index (κ3) is 6.74. The molecule has 0 saturated heterocycles. The molecule has 0 fully saturated rings. The predicted molar refractivity (Wildman–Crippen MR) is 130 cm³/mol. The molecule has 7 nitrogen and oxygen atoms in total. The van der Waals surface area contributed by atoms with Gasteiger partial charge >= 0.3 is 5.97 Å². The first kappa shape index (κ1) is 24.2. The Morgan fingerprint density at radius 1 is 1.03 bits per heavy atom. The Hall–Kier alpha value is -3.49. The molecule has 0 heterocycles. The Morgan fingerprint density at radius 3 is 2.45 bits per heavy atom. The number of ether oxygens (including phenoxy) is 1. The summed E-state index contributed by atoms with van der Waals surface area (Å²) in [6, 6.07) is 18.6. The van der Waals surface area contributed by atoms with Crippen LogP contribution in [0.25, 0.3) is 0 Å². The molecular weight excluding hydrogens is 510 g/mol. The van der Waals surface area contributed by atoms with Gasteiger partial charge < -0.3 is 10.1 Å². The average molecular weight is 529 g/mol. The van der Waals surface area contributed by atoms with Gasteiger partial charge in [-0.3, -0.25) is 9.59 Å². The van der Waals surface area contributed by atoms with Gasteiger partial charge in [0.25, 0.3) is 11.8 Å². The van der Waals surface area contributed by atoms with Gasteiger partial charge in [0.05, 0.1) is 23.3 Å². The molecule has 0 aliphatic heterocycles. The SMILES string of the molecule is Cc1ccccc1C(=O)NCC(=O)N/N=C\c1cc(Br)ccc1OC(=O)c1ccccc1Cl. The van der Waals surface area contributed by atoms with E-state index in [1.165, 1.54) is 6.21 Å². The predicted octanol–water partition coefficient (Wildman–Crippen LogP) is 4.51. The Balaban J connectivity index is 1.61. The fourth-order valence-electron chi connectivity index (χ4n) is 2.79. The highest BCUT2D eigenvalue weighted by Crippen LogP contribution is 2.24. The molecular formula is C24H19BrClN3O4. The number of hydrazone groups is 1. The van der Waals surface area contributed by atoms with E-state index in [4.69, 9.17) is 16.3 Å². The highest BCUT2D eigenvalue weighted by Gasteiger charge is 2.14. The molecule has 0 saturated carbocycles. The second-order valence-electron chi connectivity index (χ2n) is 6.84. The minimum atomic E-state index is -0.625. The average Bonchev–Trinajstić information content (AvgIpc) is 2.79. The largest absolute Gasteiger partial charge is 0.422 e. The van der Waals surface area contributed by atoms with Gasteiger partial charge in [-0.15, -0.1) is 0 Å². The summed E-state index contributed by atoms with van der Waals surface area (Å²) in [6.07, 6.45) is 1.33. The Labute approximate surface area is 203 Å². The summed E-state index contributed by atoms with van der Waals surface area (Å²) in [7, 11) is 0. The number of nitrogens with one attached hydrogen (secondary N) is 2. The van der Waals surface area contributed by atoms with Crippen molar-refractivity contribution in [2.45, 2.75) is 6.92 Å². The number of aryl methyl sites for hydroxylation is 1. The normalized spacial score (nSPS) is 10.6. The molecule has 0 atom stereocenters. The van der Waals surface area contributed by atoms with Gasteiger partial charge in [0.2, 0.25) is 0 Å². The first-order chi connectivity index (χ1) is 15.8. The van der Waals surface area contributed by atoms with E-state index in [9.17, 15) is 14.4 Å². The Bertz CT molecular complexity index is 1230. The monoisotopic (exact) mass is 527 g/mol. The molecule has 33 heavy (non-hydrogen) atoms. The molecule has 0 aliphatic carbocycles. The maximum Gasteiger partial charge on any atom is 0.345 e. The summed E-state index contributed by atoms with van der Waals surface area (Å²) < 4.78 is 6.18. The lowest BCUT2D eigenvalue weighted by Crippen LogP contribution is -2.35.